The Morgan fingerprint density at radius 3 is 2.35 bits per heavy atom. The van der Waals surface area contributed by atoms with E-state index in [-0.39, 0.29) is 6.04 Å². The number of hydrogen-bond acceptors (Lipinski definition) is 2. The zero-order chi connectivity index (χ0) is 17.9. The lowest BCUT2D eigenvalue weighted by Crippen LogP contribution is -2.53. The van der Waals surface area contributed by atoms with Gasteiger partial charge in [-0.15, -0.1) is 0 Å². The van der Waals surface area contributed by atoms with Crippen molar-refractivity contribution in [3.8, 4) is 0 Å². The molecule has 0 aliphatic carbocycles. The summed E-state index contributed by atoms with van der Waals surface area (Å²) in [7, 11) is 0. The Bertz CT molecular complexity index is 730. The van der Waals surface area contributed by atoms with Gasteiger partial charge in [-0.3, -0.25) is 9.69 Å². The maximum absolute atomic E-state index is 13.3. The van der Waals surface area contributed by atoms with Gasteiger partial charge in [0, 0.05) is 19.1 Å². The summed E-state index contributed by atoms with van der Waals surface area (Å²) in [5, 5.41) is 0. The molecule has 136 valence electrons. The van der Waals surface area contributed by atoms with Gasteiger partial charge >= 0.3 is 0 Å². The Kier molecular flexibility index (Phi) is 5.07. The zero-order valence-corrected chi connectivity index (χ0v) is 15.6. The van der Waals surface area contributed by atoms with Gasteiger partial charge in [-0.25, -0.2) is 0 Å². The second-order valence-corrected chi connectivity index (χ2v) is 7.67. The van der Waals surface area contributed by atoms with Crippen LogP contribution >= 0.6 is 0 Å². The molecule has 2 fully saturated rings. The average Bonchev–Trinajstić information content (AvgIpc) is 3.13. The molecule has 3 atom stereocenters. The Hall–Kier alpha value is -2.13. The van der Waals surface area contributed by atoms with Crippen LogP contribution in [0, 0.1) is 5.92 Å². The number of amides is 1. The van der Waals surface area contributed by atoms with Gasteiger partial charge in [0.05, 0.1) is 6.04 Å². The molecule has 0 saturated carbocycles. The Balaban J connectivity index is 1.45. The quantitative estimate of drug-likeness (QED) is 0.818. The van der Waals surface area contributed by atoms with Crippen LogP contribution < -0.4 is 0 Å². The minimum atomic E-state index is 0.0646. The van der Waals surface area contributed by atoms with Crippen molar-refractivity contribution in [1.82, 2.24) is 9.80 Å². The van der Waals surface area contributed by atoms with E-state index in [2.05, 4.69) is 71.3 Å². The highest BCUT2D eigenvalue weighted by Crippen LogP contribution is 2.37. The van der Waals surface area contributed by atoms with Crippen LogP contribution in [0.5, 0.6) is 0 Å². The largest absolute Gasteiger partial charge is 0.341 e. The molecular weight excluding hydrogens is 320 g/mol. The van der Waals surface area contributed by atoms with E-state index in [1.807, 2.05) is 6.07 Å². The molecule has 2 aromatic rings. The lowest BCUT2D eigenvalue weighted by Gasteiger charge is -2.40. The van der Waals surface area contributed by atoms with E-state index < -0.39 is 0 Å². The first-order chi connectivity index (χ1) is 12.7. The summed E-state index contributed by atoms with van der Waals surface area (Å²) in [6.45, 7) is 5.03. The maximum Gasteiger partial charge on any atom is 0.240 e. The number of likely N-dealkylation sites (tertiary alicyclic amines) is 2. The normalized spacial score (nSPS) is 24.5. The van der Waals surface area contributed by atoms with Crippen LogP contribution in [0.25, 0.3) is 0 Å². The standard InChI is InChI=1S/C23H28N2O/c1-18(20-10-6-3-7-11-20)25-17-14-21-13-16-24(23(26)22(21)25)15-12-19-8-4-2-5-9-19/h2-11,18,21-22H,12-17H2,1H3/t18-,21?,22?/m0/s1. The molecule has 2 unspecified atom stereocenters. The first-order valence-electron chi connectivity index (χ1n) is 9.87. The number of piperidine rings is 1. The van der Waals surface area contributed by atoms with E-state index in [1.165, 1.54) is 11.1 Å². The summed E-state index contributed by atoms with van der Waals surface area (Å²) in [4.78, 5) is 17.8. The molecule has 3 heteroatoms. The van der Waals surface area contributed by atoms with Crippen LogP contribution in [0.1, 0.15) is 36.9 Å². The smallest absolute Gasteiger partial charge is 0.240 e. The second kappa shape index (κ2) is 7.63. The van der Waals surface area contributed by atoms with Crippen molar-refractivity contribution in [2.45, 2.75) is 38.3 Å². The predicted molar refractivity (Wildman–Crippen MR) is 105 cm³/mol. The number of nitrogens with zero attached hydrogens (tertiary/aromatic N) is 2. The Labute approximate surface area is 156 Å². The van der Waals surface area contributed by atoms with E-state index >= 15 is 0 Å². The van der Waals surface area contributed by atoms with Gasteiger partial charge in [0.1, 0.15) is 0 Å². The number of benzene rings is 2. The molecule has 0 radical (unpaired) electrons. The average molecular weight is 348 g/mol. The van der Waals surface area contributed by atoms with Crippen molar-refractivity contribution in [2.24, 2.45) is 5.92 Å². The van der Waals surface area contributed by atoms with Gasteiger partial charge in [0.2, 0.25) is 5.91 Å². The molecule has 4 rings (SSSR count). The number of carbonyl (C=O) groups is 1. The summed E-state index contributed by atoms with van der Waals surface area (Å²) in [6, 6.07) is 21.4. The molecule has 2 saturated heterocycles. The fraction of sp³-hybridized carbons (Fsp3) is 0.435. The van der Waals surface area contributed by atoms with Crippen LogP contribution in [-0.4, -0.2) is 41.4 Å². The molecule has 26 heavy (non-hydrogen) atoms. The van der Waals surface area contributed by atoms with Crippen molar-refractivity contribution in [3.63, 3.8) is 0 Å². The predicted octanol–water partition coefficient (Wildman–Crippen LogP) is 3.91. The monoisotopic (exact) mass is 348 g/mol. The summed E-state index contributed by atoms with van der Waals surface area (Å²) >= 11 is 0. The highest BCUT2D eigenvalue weighted by Gasteiger charge is 2.45. The third-order valence-electron chi connectivity index (χ3n) is 6.19. The van der Waals surface area contributed by atoms with Gasteiger partial charge in [-0.1, -0.05) is 60.7 Å². The lowest BCUT2D eigenvalue weighted by molar-refractivity contribution is -0.141. The maximum atomic E-state index is 13.3. The Morgan fingerprint density at radius 2 is 1.62 bits per heavy atom. The van der Waals surface area contributed by atoms with E-state index in [0.29, 0.717) is 17.9 Å². The van der Waals surface area contributed by atoms with Gasteiger partial charge in [0.15, 0.2) is 0 Å². The fourth-order valence-corrected chi connectivity index (χ4v) is 4.64. The van der Waals surface area contributed by atoms with Crippen molar-refractivity contribution in [3.05, 3.63) is 71.8 Å². The molecule has 0 bridgehead atoms. The van der Waals surface area contributed by atoms with Crippen molar-refractivity contribution in [1.29, 1.82) is 0 Å². The van der Waals surface area contributed by atoms with Gasteiger partial charge in [-0.2, -0.15) is 0 Å². The highest BCUT2D eigenvalue weighted by atomic mass is 16.2. The molecule has 2 aromatic carbocycles. The van der Waals surface area contributed by atoms with Crippen LogP contribution in [0.3, 0.4) is 0 Å². The number of carbonyl (C=O) groups excluding carboxylic acids is 1. The number of hydrogen-bond donors (Lipinski definition) is 0. The topological polar surface area (TPSA) is 23.6 Å². The summed E-state index contributed by atoms with van der Waals surface area (Å²) in [5.41, 5.74) is 2.62. The Morgan fingerprint density at radius 1 is 0.962 bits per heavy atom. The second-order valence-electron chi connectivity index (χ2n) is 7.67. The molecule has 0 aromatic heterocycles. The summed E-state index contributed by atoms with van der Waals surface area (Å²) < 4.78 is 0. The molecule has 0 N–H and O–H groups in total. The van der Waals surface area contributed by atoms with Gasteiger partial charge < -0.3 is 4.90 Å². The van der Waals surface area contributed by atoms with E-state index in [1.54, 1.807) is 0 Å². The molecule has 2 aliphatic heterocycles. The molecule has 1 amide bonds. The lowest BCUT2D eigenvalue weighted by atomic mass is 9.90. The highest BCUT2D eigenvalue weighted by molar-refractivity contribution is 5.83. The van der Waals surface area contributed by atoms with Gasteiger partial charge in [-0.05, 0) is 49.8 Å². The minimum absolute atomic E-state index is 0.0646. The van der Waals surface area contributed by atoms with Crippen molar-refractivity contribution < 1.29 is 4.79 Å². The molecule has 3 nitrogen and oxygen atoms in total. The van der Waals surface area contributed by atoms with Crippen LogP contribution in [0.4, 0.5) is 0 Å². The minimum Gasteiger partial charge on any atom is -0.341 e. The third kappa shape index (κ3) is 3.41. The first-order valence-corrected chi connectivity index (χ1v) is 9.87. The molecule has 2 aliphatic rings. The van der Waals surface area contributed by atoms with Crippen LogP contribution in [0.2, 0.25) is 0 Å². The van der Waals surface area contributed by atoms with Crippen molar-refractivity contribution in [2.75, 3.05) is 19.6 Å². The number of rotatable bonds is 5. The summed E-state index contributed by atoms with van der Waals surface area (Å²) in [5.74, 6) is 0.874. The summed E-state index contributed by atoms with van der Waals surface area (Å²) in [6.07, 6.45) is 3.24. The zero-order valence-electron chi connectivity index (χ0n) is 15.6. The first kappa shape index (κ1) is 17.3. The molecule has 0 spiro atoms. The SMILES string of the molecule is C[C@@H](c1ccccc1)N1CCC2CCN(CCc3ccccc3)C(=O)C21. The van der Waals surface area contributed by atoms with Crippen molar-refractivity contribution >= 4 is 5.91 Å². The molecule has 2 heterocycles. The van der Waals surface area contributed by atoms with Crippen LogP contribution in [0.15, 0.2) is 60.7 Å². The molecular formula is C23H28N2O. The van der Waals surface area contributed by atoms with E-state index in [9.17, 15) is 4.79 Å². The van der Waals surface area contributed by atoms with E-state index in [0.717, 1.165) is 38.9 Å². The number of fused-ring (bicyclic) bond motifs is 1. The third-order valence-corrected chi connectivity index (χ3v) is 6.19. The fourth-order valence-electron chi connectivity index (χ4n) is 4.64. The van der Waals surface area contributed by atoms with E-state index in [4.69, 9.17) is 0 Å². The van der Waals surface area contributed by atoms with Gasteiger partial charge in [0.25, 0.3) is 0 Å². The van der Waals surface area contributed by atoms with Crippen LogP contribution in [-0.2, 0) is 11.2 Å².